The summed E-state index contributed by atoms with van der Waals surface area (Å²) in [6.07, 6.45) is 0.924. The van der Waals surface area contributed by atoms with Crippen molar-refractivity contribution in [3.63, 3.8) is 0 Å². The van der Waals surface area contributed by atoms with Crippen molar-refractivity contribution in [3.05, 3.63) is 46.0 Å². The van der Waals surface area contributed by atoms with Crippen LogP contribution in [0.1, 0.15) is 16.7 Å². The third kappa shape index (κ3) is 2.49. The van der Waals surface area contributed by atoms with Crippen LogP contribution >= 0.6 is 15.9 Å². The quantitative estimate of drug-likeness (QED) is 0.718. The van der Waals surface area contributed by atoms with E-state index in [-0.39, 0.29) is 0 Å². The zero-order valence-corrected chi connectivity index (χ0v) is 9.11. The Bertz CT molecular complexity index is 300. The zero-order valence-electron chi connectivity index (χ0n) is 7.52. The molecule has 0 radical (unpaired) electrons. The average molecular weight is 225 g/mol. The van der Waals surface area contributed by atoms with Crippen LogP contribution in [0.4, 0.5) is 0 Å². The van der Waals surface area contributed by atoms with Crippen LogP contribution < -0.4 is 0 Å². The number of halogens is 1. The van der Waals surface area contributed by atoms with Crippen molar-refractivity contribution in [2.75, 3.05) is 0 Å². The summed E-state index contributed by atoms with van der Waals surface area (Å²) in [5, 5.41) is 0. The Labute approximate surface area is 82.4 Å². The predicted octanol–water partition coefficient (Wildman–Crippen LogP) is 3.75. The second kappa shape index (κ2) is 3.90. The van der Waals surface area contributed by atoms with Gasteiger partial charge in [-0.3, -0.25) is 0 Å². The molecule has 0 bridgehead atoms. The van der Waals surface area contributed by atoms with Crippen LogP contribution in [0.5, 0.6) is 0 Å². The largest absolute Gasteiger partial charge is 0.0885 e. The second-order valence-corrected chi connectivity index (χ2v) is 4.25. The van der Waals surface area contributed by atoms with Gasteiger partial charge in [0.25, 0.3) is 0 Å². The molecule has 0 saturated heterocycles. The van der Waals surface area contributed by atoms with E-state index in [4.69, 9.17) is 0 Å². The van der Waals surface area contributed by atoms with E-state index in [1.54, 1.807) is 0 Å². The summed E-state index contributed by atoms with van der Waals surface area (Å²) in [4.78, 5) is 0. The number of aryl methyl sites for hydroxylation is 2. The lowest BCUT2D eigenvalue weighted by Crippen LogP contribution is -1.89. The van der Waals surface area contributed by atoms with E-state index < -0.39 is 0 Å². The SMILES string of the molecule is C=C(Br)Cc1cc(C)ccc1C. The smallest absolute Gasteiger partial charge is 0.00374 e. The maximum atomic E-state index is 3.84. The predicted molar refractivity (Wildman–Crippen MR) is 57.7 cm³/mol. The molecule has 0 aliphatic carbocycles. The van der Waals surface area contributed by atoms with Gasteiger partial charge in [0.1, 0.15) is 0 Å². The van der Waals surface area contributed by atoms with Gasteiger partial charge in [0.2, 0.25) is 0 Å². The summed E-state index contributed by atoms with van der Waals surface area (Å²) in [6, 6.07) is 6.50. The monoisotopic (exact) mass is 224 g/mol. The second-order valence-electron chi connectivity index (χ2n) is 3.12. The zero-order chi connectivity index (χ0) is 9.14. The highest BCUT2D eigenvalue weighted by Crippen LogP contribution is 2.16. The molecule has 64 valence electrons. The lowest BCUT2D eigenvalue weighted by atomic mass is 10.0. The van der Waals surface area contributed by atoms with Crippen LogP contribution in [-0.2, 0) is 6.42 Å². The summed E-state index contributed by atoms with van der Waals surface area (Å²) in [7, 11) is 0. The summed E-state index contributed by atoms with van der Waals surface area (Å²) < 4.78 is 1.04. The minimum atomic E-state index is 0.924. The Morgan fingerprint density at radius 1 is 1.42 bits per heavy atom. The fourth-order valence-electron chi connectivity index (χ4n) is 1.20. The number of allylic oxidation sites excluding steroid dienone is 1. The van der Waals surface area contributed by atoms with E-state index >= 15 is 0 Å². The van der Waals surface area contributed by atoms with Gasteiger partial charge in [-0.15, -0.1) is 0 Å². The molecule has 0 fully saturated rings. The van der Waals surface area contributed by atoms with Crippen LogP contribution in [0.2, 0.25) is 0 Å². The van der Waals surface area contributed by atoms with Crippen molar-refractivity contribution >= 4 is 15.9 Å². The topological polar surface area (TPSA) is 0 Å². The molecule has 0 amide bonds. The number of hydrogen-bond donors (Lipinski definition) is 0. The van der Waals surface area contributed by atoms with Crippen LogP contribution in [0, 0.1) is 13.8 Å². The first kappa shape index (κ1) is 9.53. The fraction of sp³-hybridized carbons (Fsp3) is 0.273. The number of benzene rings is 1. The molecule has 12 heavy (non-hydrogen) atoms. The van der Waals surface area contributed by atoms with Crippen molar-refractivity contribution in [1.29, 1.82) is 0 Å². The van der Waals surface area contributed by atoms with Crippen LogP contribution in [0.3, 0.4) is 0 Å². The van der Waals surface area contributed by atoms with Gasteiger partial charge in [-0.1, -0.05) is 46.3 Å². The summed E-state index contributed by atoms with van der Waals surface area (Å²) in [5.74, 6) is 0. The molecule has 0 heterocycles. The van der Waals surface area contributed by atoms with E-state index in [9.17, 15) is 0 Å². The van der Waals surface area contributed by atoms with Crippen molar-refractivity contribution in [1.82, 2.24) is 0 Å². The highest BCUT2D eigenvalue weighted by atomic mass is 79.9. The summed E-state index contributed by atoms with van der Waals surface area (Å²) in [5.41, 5.74) is 4.00. The van der Waals surface area contributed by atoms with Gasteiger partial charge in [0.05, 0.1) is 0 Å². The van der Waals surface area contributed by atoms with Crippen LogP contribution in [0.15, 0.2) is 29.3 Å². The lowest BCUT2D eigenvalue weighted by Gasteiger charge is -2.05. The third-order valence-corrected chi connectivity index (χ3v) is 2.17. The van der Waals surface area contributed by atoms with Crippen molar-refractivity contribution in [2.45, 2.75) is 20.3 Å². The van der Waals surface area contributed by atoms with E-state index in [0.717, 1.165) is 10.9 Å². The van der Waals surface area contributed by atoms with Gasteiger partial charge in [0.15, 0.2) is 0 Å². The van der Waals surface area contributed by atoms with Crippen LogP contribution in [-0.4, -0.2) is 0 Å². The summed E-state index contributed by atoms with van der Waals surface area (Å²) in [6.45, 7) is 8.08. The molecular formula is C11H13Br. The molecule has 0 aromatic heterocycles. The molecule has 1 rings (SSSR count). The Morgan fingerprint density at radius 2 is 2.08 bits per heavy atom. The first-order valence-corrected chi connectivity index (χ1v) is 4.78. The Hall–Kier alpha value is -0.560. The molecular weight excluding hydrogens is 212 g/mol. The fourth-order valence-corrected chi connectivity index (χ4v) is 1.50. The molecule has 0 aliphatic rings. The molecule has 0 unspecified atom stereocenters. The Balaban J connectivity index is 2.97. The minimum Gasteiger partial charge on any atom is -0.0885 e. The molecule has 1 heteroatoms. The standard InChI is InChI=1S/C11H13Br/c1-8-4-5-9(2)11(6-8)7-10(3)12/h4-6H,3,7H2,1-2H3. The van der Waals surface area contributed by atoms with E-state index in [1.165, 1.54) is 16.7 Å². The van der Waals surface area contributed by atoms with Gasteiger partial charge in [-0.05, 0) is 29.5 Å². The third-order valence-electron chi connectivity index (χ3n) is 1.89. The first-order chi connectivity index (χ1) is 5.59. The van der Waals surface area contributed by atoms with E-state index in [2.05, 4.69) is 54.6 Å². The number of hydrogen-bond acceptors (Lipinski definition) is 0. The highest BCUT2D eigenvalue weighted by Gasteiger charge is 1.98. The maximum Gasteiger partial charge on any atom is 0.00374 e. The van der Waals surface area contributed by atoms with Gasteiger partial charge in [-0.25, -0.2) is 0 Å². The molecule has 1 aromatic rings. The van der Waals surface area contributed by atoms with Gasteiger partial charge in [-0.2, -0.15) is 0 Å². The van der Waals surface area contributed by atoms with Crippen LogP contribution in [0.25, 0.3) is 0 Å². The lowest BCUT2D eigenvalue weighted by molar-refractivity contribution is 1.19. The van der Waals surface area contributed by atoms with E-state index in [0.29, 0.717) is 0 Å². The average Bonchev–Trinajstić information content (AvgIpc) is 1.96. The van der Waals surface area contributed by atoms with E-state index in [1.807, 2.05) is 0 Å². The molecule has 0 nitrogen and oxygen atoms in total. The summed E-state index contributed by atoms with van der Waals surface area (Å²) >= 11 is 3.38. The first-order valence-electron chi connectivity index (χ1n) is 3.99. The molecule has 0 saturated carbocycles. The van der Waals surface area contributed by atoms with Crippen molar-refractivity contribution in [2.24, 2.45) is 0 Å². The maximum absolute atomic E-state index is 3.84. The molecule has 0 aliphatic heterocycles. The normalized spacial score (nSPS) is 9.92. The van der Waals surface area contributed by atoms with Crippen molar-refractivity contribution < 1.29 is 0 Å². The molecule has 1 aromatic carbocycles. The van der Waals surface area contributed by atoms with Crippen molar-refractivity contribution in [3.8, 4) is 0 Å². The van der Waals surface area contributed by atoms with Gasteiger partial charge < -0.3 is 0 Å². The minimum absolute atomic E-state index is 0.924. The highest BCUT2D eigenvalue weighted by molar-refractivity contribution is 9.11. The van der Waals surface area contributed by atoms with Gasteiger partial charge >= 0.3 is 0 Å². The Morgan fingerprint density at radius 3 is 2.67 bits per heavy atom. The number of rotatable bonds is 2. The Kier molecular flexibility index (Phi) is 3.10. The molecule has 0 spiro atoms. The molecule has 0 atom stereocenters. The van der Waals surface area contributed by atoms with Gasteiger partial charge in [0, 0.05) is 6.42 Å². The molecule has 0 N–H and O–H groups in total.